The van der Waals surface area contributed by atoms with E-state index >= 15 is 0 Å². The molecular formula is C20H17O2S. The third-order valence-electron chi connectivity index (χ3n) is 3.48. The SMILES string of the molecule is C[CH]COc1ccc(-c2ccccc2)cc1C(=O)c1cccs1. The Morgan fingerprint density at radius 3 is 2.57 bits per heavy atom. The van der Waals surface area contributed by atoms with Crippen LogP contribution in [0.2, 0.25) is 0 Å². The van der Waals surface area contributed by atoms with Crippen LogP contribution in [0.15, 0.2) is 66.0 Å². The summed E-state index contributed by atoms with van der Waals surface area (Å²) in [5, 5.41) is 1.91. The van der Waals surface area contributed by atoms with Crippen molar-refractivity contribution in [3.63, 3.8) is 0 Å². The van der Waals surface area contributed by atoms with Crippen molar-refractivity contribution < 1.29 is 9.53 Å². The maximum Gasteiger partial charge on any atom is 0.206 e. The molecule has 0 saturated carbocycles. The number of hydrogen-bond acceptors (Lipinski definition) is 3. The molecular weight excluding hydrogens is 304 g/mol. The molecule has 1 heterocycles. The monoisotopic (exact) mass is 321 g/mol. The summed E-state index contributed by atoms with van der Waals surface area (Å²) in [5.41, 5.74) is 2.70. The van der Waals surface area contributed by atoms with Gasteiger partial charge in [-0.15, -0.1) is 11.3 Å². The van der Waals surface area contributed by atoms with Crippen LogP contribution in [0.3, 0.4) is 0 Å². The number of thiophene rings is 1. The molecule has 0 spiro atoms. The fourth-order valence-electron chi connectivity index (χ4n) is 2.36. The fourth-order valence-corrected chi connectivity index (χ4v) is 3.03. The lowest BCUT2D eigenvalue weighted by Gasteiger charge is -2.12. The Morgan fingerprint density at radius 2 is 1.87 bits per heavy atom. The van der Waals surface area contributed by atoms with Crippen molar-refractivity contribution in [2.75, 3.05) is 6.61 Å². The molecule has 0 aliphatic carbocycles. The van der Waals surface area contributed by atoms with Gasteiger partial charge in [0.25, 0.3) is 0 Å². The predicted molar refractivity (Wildman–Crippen MR) is 95.1 cm³/mol. The van der Waals surface area contributed by atoms with Crippen molar-refractivity contribution in [2.45, 2.75) is 6.92 Å². The average molecular weight is 321 g/mol. The molecule has 3 heteroatoms. The third kappa shape index (κ3) is 3.51. The molecule has 2 aromatic carbocycles. The first-order valence-corrected chi connectivity index (χ1v) is 8.36. The normalized spacial score (nSPS) is 10.5. The van der Waals surface area contributed by atoms with Crippen LogP contribution in [0, 0.1) is 6.42 Å². The Morgan fingerprint density at radius 1 is 1.04 bits per heavy atom. The van der Waals surface area contributed by atoms with E-state index in [9.17, 15) is 4.79 Å². The number of hydrogen-bond donors (Lipinski definition) is 0. The number of benzene rings is 2. The summed E-state index contributed by atoms with van der Waals surface area (Å²) in [6.07, 6.45) is 1.92. The van der Waals surface area contributed by atoms with Crippen LogP contribution in [-0.4, -0.2) is 12.4 Å². The lowest BCUT2D eigenvalue weighted by atomic mass is 10.00. The van der Waals surface area contributed by atoms with E-state index in [4.69, 9.17) is 4.74 Å². The van der Waals surface area contributed by atoms with E-state index in [1.165, 1.54) is 11.3 Å². The van der Waals surface area contributed by atoms with Crippen LogP contribution < -0.4 is 4.74 Å². The van der Waals surface area contributed by atoms with Crippen LogP contribution in [0.25, 0.3) is 11.1 Å². The molecule has 1 radical (unpaired) electrons. The van der Waals surface area contributed by atoms with Crippen molar-refractivity contribution in [3.05, 3.63) is 82.9 Å². The van der Waals surface area contributed by atoms with E-state index in [2.05, 4.69) is 0 Å². The topological polar surface area (TPSA) is 26.3 Å². The third-order valence-corrected chi connectivity index (χ3v) is 4.35. The van der Waals surface area contributed by atoms with Crippen LogP contribution in [0.5, 0.6) is 5.75 Å². The minimum atomic E-state index is 0.00360. The molecule has 115 valence electrons. The fraction of sp³-hybridized carbons (Fsp3) is 0.100. The number of carbonyl (C=O) groups excluding carboxylic acids is 1. The number of ether oxygens (including phenoxy) is 1. The highest BCUT2D eigenvalue weighted by molar-refractivity contribution is 7.12. The molecule has 0 saturated heterocycles. The minimum absolute atomic E-state index is 0.00360. The molecule has 1 aromatic heterocycles. The highest BCUT2D eigenvalue weighted by atomic mass is 32.1. The van der Waals surface area contributed by atoms with Gasteiger partial charge in [-0.25, -0.2) is 0 Å². The predicted octanol–water partition coefficient (Wildman–Crippen LogP) is 5.25. The quantitative estimate of drug-likeness (QED) is 0.580. The Labute approximate surface area is 140 Å². The van der Waals surface area contributed by atoms with Gasteiger partial charge < -0.3 is 4.74 Å². The van der Waals surface area contributed by atoms with E-state index in [1.54, 1.807) is 0 Å². The zero-order valence-electron chi connectivity index (χ0n) is 12.9. The first-order chi connectivity index (χ1) is 11.3. The molecule has 23 heavy (non-hydrogen) atoms. The van der Waals surface area contributed by atoms with Crippen molar-refractivity contribution >= 4 is 17.1 Å². The summed E-state index contributed by atoms with van der Waals surface area (Å²) in [4.78, 5) is 13.5. The molecule has 0 fully saturated rings. The van der Waals surface area contributed by atoms with Gasteiger partial charge in [0.1, 0.15) is 5.75 Å². The van der Waals surface area contributed by atoms with E-state index in [0.717, 1.165) is 16.0 Å². The van der Waals surface area contributed by atoms with Gasteiger partial charge in [0.05, 0.1) is 17.0 Å². The van der Waals surface area contributed by atoms with Gasteiger partial charge in [-0.2, -0.15) is 0 Å². The van der Waals surface area contributed by atoms with E-state index in [-0.39, 0.29) is 5.78 Å². The minimum Gasteiger partial charge on any atom is -0.493 e. The highest BCUT2D eigenvalue weighted by Crippen LogP contribution is 2.29. The zero-order valence-corrected chi connectivity index (χ0v) is 13.7. The molecule has 0 unspecified atom stereocenters. The van der Waals surface area contributed by atoms with Crippen LogP contribution in [-0.2, 0) is 0 Å². The maximum absolute atomic E-state index is 12.8. The largest absolute Gasteiger partial charge is 0.493 e. The van der Waals surface area contributed by atoms with E-state index in [0.29, 0.717) is 17.9 Å². The lowest BCUT2D eigenvalue weighted by Crippen LogP contribution is -2.05. The second-order valence-corrected chi connectivity index (χ2v) is 6.05. The van der Waals surface area contributed by atoms with Crippen LogP contribution >= 0.6 is 11.3 Å². The van der Waals surface area contributed by atoms with Gasteiger partial charge in [0.15, 0.2) is 0 Å². The van der Waals surface area contributed by atoms with Crippen molar-refractivity contribution in [1.29, 1.82) is 0 Å². The van der Waals surface area contributed by atoms with Crippen molar-refractivity contribution in [2.24, 2.45) is 0 Å². The summed E-state index contributed by atoms with van der Waals surface area (Å²) < 4.78 is 5.72. The summed E-state index contributed by atoms with van der Waals surface area (Å²) in [7, 11) is 0. The summed E-state index contributed by atoms with van der Waals surface area (Å²) in [6.45, 7) is 2.41. The second-order valence-electron chi connectivity index (χ2n) is 5.10. The molecule has 0 amide bonds. The summed E-state index contributed by atoms with van der Waals surface area (Å²) in [6, 6.07) is 19.6. The highest BCUT2D eigenvalue weighted by Gasteiger charge is 2.17. The van der Waals surface area contributed by atoms with Gasteiger partial charge in [0.2, 0.25) is 5.78 Å². The number of ketones is 1. The average Bonchev–Trinajstić information content (AvgIpc) is 3.14. The van der Waals surface area contributed by atoms with Crippen molar-refractivity contribution in [3.8, 4) is 16.9 Å². The Bertz CT molecular complexity index is 777. The van der Waals surface area contributed by atoms with Gasteiger partial charge in [-0.1, -0.05) is 49.4 Å². The summed E-state index contributed by atoms with van der Waals surface area (Å²) >= 11 is 1.45. The van der Waals surface area contributed by atoms with Crippen molar-refractivity contribution in [1.82, 2.24) is 0 Å². The second kappa shape index (κ2) is 7.25. The van der Waals surface area contributed by atoms with Gasteiger partial charge in [0, 0.05) is 0 Å². The van der Waals surface area contributed by atoms with Gasteiger partial charge in [-0.05, 0) is 41.1 Å². The molecule has 2 nitrogen and oxygen atoms in total. The van der Waals surface area contributed by atoms with Crippen LogP contribution in [0.4, 0.5) is 0 Å². The zero-order chi connectivity index (χ0) is 16.1. The molecule has 0 bridgehead atoms. The first-order valence-electron chi connectivity index (χ1n) is 7.48. The molecule has 0 aliphatic rings. The first kappa shape index (κ1) is 15.5. The number of carbonyl (C=O) groups is 1. The maximum atomic E-state index is 12.8. The lowest BCUT2D eigenvalue weighted by molar-refractivity contribution is 0.103. The van der Waals surface area contributed by atoms with E-state index in [1.807, 2.05) is 79.4 Å². The summed E-state index contributed by atoms with van der Waals surface area (Å²) in [5.74, 6) is 0.630. The molecule has 0 atom stereocenters. The molecule has 0 N–H and O–H groups in total. The Balaban J connectivity index is 2.03. The standard InChI is InChI=1S/C20H17O2S/c1-2-12-22-18-11-10-16(15-7-4-3-5-8-15)14-17(18)20(21)19-9-6-13-23-19/h2-11,13-14H,12H2,1H3. The smallest absolute Gasteiger partial charge is 0.206 e. The van der Waals surface area contributed by atoms with Gasteiger partial charge in [-0.3, -0.25) is 4.79 Å². The molecule has 0 aliphatic heterocycles. The Kier molecular flexibility index (Phi) is 4.89. The van der Waals surface area contributed by atoms with Crippen LogP contribution in [0.1, 0.15) is 22.2 Å². The molecule has 3 aromatic rings. The number of rotatable bonds is 6. The van der Waals surface area contributed by atoms with Gasteiger partial charge >= 0.3 is 0 Å². The Hall–Kier alpha value is -2.39. The molecule has 3 rings (SSSR count). The van der Waals surface area contributed by atoms with E-state index < -0.39 is 0 Å².